The van der Waals surface area contributed by atoms with E-state index in [9.17, 15) is 18.8 Å². The van der Waals surface area contributed by atoms with E-state index in [4.69, 9.17) is 0 Å². The highest BCUT2D eigenvalue weighted by Crippen LogP contribution is 2.22. The molecule has 3 aromatic rings. The first-order valence-corrected chi connectivity index (χ1v) is 10.8. The van der Waals surface area contributed by atoms with Crippen molar-refractivity contribution in [2.45, 2.75) is 19.5 Å². The molecular formula is C26H27FN4O3. The number of anilines is 1. The van der Waals surface area contributed by atoms with E-state index in [1.165, 1.54) is 17.0 Å². The second kappa shape index (κ2) is 11.6. The van der Waals surface area contributed by atoms with Crippen LogP contribution in [-0.4, -0.2) is 36.3 Å². The molecule has 34 heavy (non-hydrogen) atoms. The number of halogens is 1. The van der Waals surface area contributed by atoms with Gasteiger partial charge in [0, 0.05) is 24.8 Å². The molecule has 176 valence electrons. The number of nitrogens with zero attached hydrogens (tertiary/aromatic N) is 1. The van der Waals surface area contributed by atoms with E-state index in [-0.39, 0.29) is 36.8 Å². The molecule has 7 nitrogen and oxygen atoms in total. The predicted octanol–water partition coefficient (Wildman–Crippen LogP) is 4.10. The Labute approximate surface area is 198 Å². The molecule has 4 amide bonds. The van der Waals surface area contributed by atoms with Crippen molar-refractivity contribution in [3.8, 4) is 0 Å². The van der Waals surface area contributed by atoms with E-state index in [0.29, 0.717) is 11.3 Å². The maximum absolute atomic E-state index is 12.9. The van der Waals surface area contributed by atoms with Gasteiger partial charge in [-0.3, -0.25) is 9.59 Å². The van der Waals surface area contributed by atoms with Crippen molar-refractivity contribution in [1.82, 2.24) is 15.5 Å². The van der Waals surface area contributed by atoms with E-state index in [1.807, 2.05) is 31.2 Å². The molecule has 0 fully saturated rings. The molecule has 0 saturated carbocycles. The summed E-state index contributed by atoms with van der Waals surface area (Å²) in [4.78, 5) is 38.5. The summed E-state index contributed by atoms with van der Waals surface area (Å²) in [7, 11) is 1.65. The number of amides is 4. The highest BCUT2D eigenvalue weighted by Gasteiger charge is 2.18. The highest BCUT2D eigenvalue weighted by atomic mass is 19.1. The van der Waals surface area contributed by atoms with Crippen LogP contribution in [0.2, 0.25) is 0 Å². The molecule has 8 heteroatoms. The van der Waals surface area contributed by atoms with Crippen LogP contribution in [0.1, 0.15) is 34.5 Å². The lowest BCUT2D eigenvalue weighted by Gasteiger charge is -2.26. The van der Waals surface area contributed by atoms with E-state index < -0.39 is 6.03 Å². The molecule has 3 N–H and O–H groups in total. The van der Waals surface area contributed by atoms with Crippen LogP contribution in [0, 0.1) is 5.82 Å². The Bertz CT molecular complexity index is 1140. The van der Waals surface area contributed by atoms with Crippen LogP contribution < -0.4 is 16.0 Å². The van der Waals surface area contributed by atoms with Gasteiger partial charge < -0.3 is 20.9 Å². The molecule has 0 bridgehead atoms. The average molecular weight is 463 g/mol. The predicted molar refractivity (Wildman–Crippen MR) is 129 cm³/mol. The van der Waals surface area contributed by atoms with Crippen LogP contribution in [0.25, 0.3) is 0 Å². The third kappa shape index (κ3) is 6.90. The molecule has 0 aliphatic heterocycles. The molecule has 1 atom stereocenters. The fourth-order valence-electron chi connectivity index (χ4n) is 3.24. The highest BCUT2D eigenvalue weighted by molar-refractivity contribution is 6.04. The summed E-state index contributed by atoms with van der Waals surface area (Å²) in [6, 6.07) is 21.2. The first-order valence-electron chi connectivity index (χ1n) is 10.8. The van der Waals surface area contributed by atoms with Crippen LogP contribution in [0.4, 0.5) is 14.9 Å². The van der Waals surface area contributed by atoms with Gasteiger partial charge in [-0.25, -0.2) is 9.18 Å². The van der Waals surface area contributed by atoms with Crippen molar-refractivity contribution in [1.29, 1.82) is 0 Å². The normalized spacial score (nSPS) is 11.3. The van der Waals surface area contributed by atoms with Crippen LogP contribution in [0.5, 0.6) is 0 Å². The fraction of sp³-hybridized carbons (Fsp3) is 0.192. The topological polar surface area (TPSA) is 90.5 Å². The Kier molecular flexibility index (Phi) is 8.34. The summed E-state index contributed by atoms with van der Waals surface area (Å²) in [5.74, 6) is -0.839. The van der Waals surface area contributed by atoms with Gasteiger partial charge in [-0.15, -0.1) is 0 Å². The van der Waals surface area contributed by atoms with E-state index in [0.717, 1.165) is 11.1 Å². The number of urea groups is 1. The zero-order valence-electron chi connectivity index (χ0n) is 19.0. The lowest BCUT2D eigenvalue weighted by Crippen LogP contribution is -2.43. The standard InChI is InChI=1S/C26H27FN4O3/c1-18(21-9-6-10-23(15-21)30-25(33)20-7-4-3-5-8-20)31(2)24(32)17-29-26(34)28-16-19-11-13-22(27)14-12-19/h3-15,18H,16-17H2,1-2H3,(H,30,33)(H2,28,29,34)/t18-/m1/s1. The monoisotopic (exact) mass is 462 g/mol. The number of hydrogen-bond donors (Lipinski definition) is 3. The Morgan fingerprint density at radius 3 is 2.32 bits per heavy atom. The van der Waals surface area contributed by atoms with Gasteiger partial charge in [0.05, 0.1) is 12.6 Å². The lowest BCUT2D eigenvalue weighted by molar-refractivity contribution is -0.130. The van der Waals surface area contributed by atoms with E-state index in [1.54, 1.807) is 49.5 Å². The third-order valence-electron chi connectivity index (χ3n) is 5.40. The van der Waals surface area contributed by atoms with Gasteiger partial charge in [-0.1, -0.05) is 42.5 Å². The van der Waals surface area contributed by atoms with Gasteiger partial charge >= 0.3 is 6.03 Å². The zero-order valence-corrected chi connectivity index (χ0v) is 19.0. The van der Waals surface area contributed by atoms with Gasteiger partial charge in [0.1, 0.15) is 5.82 Å². The summed E-state index contributed by atoms with van der Waals surface area (Å²) in [5.41, 5.74) is 2.75. The average Bonchev–Trinajstić information content (AvgIpc) is 2.86. The number of carbonyl (C=O) groups excluding carboxylic acids is 3. The molecule has 3 aromatic carbocycles. The van der Waals surface area contributed by atoms with Crippen LogP contribution in [0.15, 0.2) is 78.9 Å². The van der Waals surface area contributed by atoms with Crippen molar-refractivity contribution in [2.24, 2.45) is 0 Å². The quantitative estimate of drug-likeness (QED) is 0.471. The van der Waals surface area contributed by atoms with Crippen molar-refractivity contribution >= 4 is 23.5 Å². The second-order valence-electron chi connectivity index (χ2n) is 7.79. The maximum atomic E-state index is 12.9. The van der Waals surface area contributed by atoms with Gasteiger partial charge in [0.15, 0.2) is 0 Å². The molecule has 0 unspecified atom stereocenters. The SMILES string of the molecule is C[C@H](c1cccc(NC(=O)c2ccccc2)c1)N(C)C(=O)CNC(=O)NCc1ccc(F)cc1. The molecule has 0 spiro atoms. The number of nitrogens with one attached hydrogen (secondary N) is 3. The van der Waals surface area contributed by atoms with Crippen molar-refractivity contribution < 1.29 is 18.8 Å². The van der Waals surface area contributed by atoms with E-state index >= 15 is 0 Å². The fourth-order valence-corrected chi connectivity index (χ4v) is 3.24. The third-order valence-corrected chi connectivity index (χ3v) is 5.40. The lowest BCUT2D eigenvalue weighted by atomic mass is 10.1. The van der Waals surface area contributed by atoms with Crippen molar-refractivity contribution in [3.05, 3.63) is 101 Å². The van der Waals surface area contributed by atoms with Crippen LogP contribution in [0.3, 0.4) is 0 Å². The second-order valence-corrected chi connectivity index (χ2v) is 7.79. The molecule has 0 heterocycles. The summed E-state index contributed by atoms with van der Waals surface area (Å²) in [5, 5.41) is 8.03. The summed E-state index contributed by atoms with van der Waals surface area (Å²) < 4.78 is 12.9. The van der Waals surface area contributed by atoms with Gasteiger partial charge in [-0.2, -0.15) is 0 Å². The smallest absolute Gasteiger partial charge is 0.315 e. The number of hydrogen-bond acceptors (Lipinski definition) is 3. The van der Waals surface area contributed by atoms with Crippen molar-refractivity contribution in [3.63, 3.8) is 0 Å². The van der Waals surface area contributed by atoms with Crippen LogP contribution >= 0.6 is 0 Å². The first-order chi connectivity index (χ1) is 16.3. The summed E-state index contributed by atoms with van der Waals surface area (Å²) in [6.45, 7) is 1.90. The molecule has 0 aliphatic carbocycles. The number of likely N-dealkylation sites (N-methyl/N-ethyl adjacent to an activating group) is 1. The Balaban J connectivity index is 1.50. The summed E-state index contributed by atoms with van der Waals surface area (Å²) >= 11 is 0. The Morgan fingerprint density at radius 1 is 0.912 bits per heavy atom. The van der Waals surface area contributed by atoms with Gasteiger partial charge in [0.25, 0.3) is 5.91 Å². The Hall–Kier alpha value is -4.20. The van der Waals surface area contributed by atoms with Gasteiger partial charge in [0.2, 0.25) is 5.91 Å². The maximum Gasteiger partial charge on any atom is 0.315 e. The minimum absolute atomic E-state index is 0.180. The zero-order chi connectivity index (χ0) is 24.5. The van der Waals surface area contributed by atoms with Crippen LogP contribution in [-0.2, 0) is 11.3 Å². The molecular weight excluding hydrogens is 435 g/mol. The molecule has 0 aromatic heterocycles. The van der Waals surface area contributed by atoms with E-state index in [2.05, 4.69) is 16.0 Å². The van der Waals surface area contributed by atoms with Gasteiger partial charge in [-0.05, 0) is 54.4 Å². The molecule has 0 saturated heterocycles. The Morgan fingerprint density at radius 2 is 1.62 bits per heavy atom. The first kappa shape index (κ1) is 24.4. The minimum Gasteiger partial charge on any atom is -0.337 e. The molecule has 3 rings (SSSR count). The minimum atomic E-state index is -0.496. The van der Waals surface area contributed by atoms with Crippen molar-refractivity contribution in [2.75, 3.05) is 18.9 Å². The molecule has 0 aliphatic rings. The number of benzene rings is 3. The molecule has 0 radical (unpaired) electrons. The largest absolute Gasteiger partial charge is 0.337 e. The number of rotatable bonds is 8. The number of carbonyl (C=O) groups is 3. The summed E-state index contributed by atoms with van der Waals surface area (Å²) in [6.07, 6.45) is 0.